The van der Waals surface area contributed by atoms with E-state index >= 15 is 0 Å². The van der Waals surface area contributed by atoms with Crippen molar-refractivity contribution in [3.63, 3.8) is 0 Å². The molecular weight excluding hydrogens is 276 g/mol. The SMILES string of the molecule is CC(=O)NNC(=O)COC(=O)COc1c(C)cccc1C. The van der Waals surface area contributed by atoms with Crippen molar-refractivity contribution >= 4 is 17.8 Å². The highest BCUT2D eigenvalue weighted by molar-refractivity contribution is 5.83. The summed E-state index contributed by atoms with van der Waals surface area (Å²) in [5.74, 6) is -1.11. The van der Waals surface area contributed by atoms with Crippen LogP contribution in [-0.2, 0) is 19.1 Å². The van der Waals surface area contributed by atoms with Crippen LogP contribution in [0.5, 0.6) is 5.75 Å². The van der Waals surface area contributed by atoms with Crippen LogP contribution >= 0.6 is 0 Å². The molecule has 21 heavy (non-hydrogen) atoms. The number of rotatable bonds is 5. The van der Waals surface area contributed by atoms with E-state index in [1.165, 1.54) is 6.92 Å². The van der Waals surface area contributed by atoms with E-state index in [1.807, 2.05) is 32.0 Å². The van der Waals surface area contributed by atoms with Gasteiger partial charge in [0.25, 0.3) is 5.91 Å². The van der Waals surface area contributed by atoms with Gasteiger partial charge in [0.1, 0.15) is 5.75 Å². The average molecular weight is 294 g/mol. The molecule has 0 radical (unpaired) electrons. The van der Waals surface area contributed by atoms with Crippen LogP contribution in [0.25, 0.3) is 0 Å². The van der Waals surface area contributed by atoms with Gasteiger partial charge in [0.15, 0.2) is 13.2 Å². The lowest BCUT2D eigenvalue weighted by atomic mass is 10.1. The minimum absolute atomic E-state index is 0.293. The van der Waals surface area contributed by atoms with Gasteiger partial charge in [0.05, 0.1) is 0 Å². The summed E-state index contributed by atoms with van der Waals surface area (Å²) in [4.78, 5) is 33.2. The fourth-order valence-electron chi connectivity index (χ4n) is 1.54. The van der Waals surface area contributed by atoms with Crippen molar-refractivity contribution in [3.05, 3.63) is 29.3 Å². The maximum atomic E-state index is 11.5. The third kappa shape index (κ3) is 5.94. The number of hydrogen-bond donors (Lipinski definition) is 2. The number of carbonyl (C=O) groups excluding carboxylic acids is 3. The van der Waals surface area contributed by atoms with Crippen molar-refractivity contribution in [2.75, 3.05) is 13.2 Å². The fraction of sp³-hybridized carbons (Fsp3) is 0.357. The molecular formula is C14H18N2O5. The number of esters is 1. The first-order chi connectivity index (χ1) is 9.90. The highest BCUT2D eigenvalue weighted by atomic mass is 16.6. The van der Waals surface area contributed by atoms with E-state index in [0.717, 1.165) is 11.1 Å². The van der Waals surface area contributed by atoms with Gasteiger partial charge in [0, 0.05) is 6.92 Å². The van der Waals surface area contributed by atoms with Crippen LogP contribution in [0.3, 0.4) is 0 Å². The second-order valence-electron chi connectivity index (χ2n) is 4.40. The Balaban J connectivity index is 2.35. The zero-order valence-corrected chi connectivity index (χ0v) is 12.2. The standard InChI is InChI=1S/C14H18N2O5/c1-9-5-4-6-10(2)14(9)21-8-13(19)20-7-12(18)16-15-11(3)17/h4-6H,7-8H2,1-3H3,(H,15,17)(H,16,18). The monoisotopic (exact) mass is 294 g/mol. The van der Waals surface area contributed by atoms with Gasteiger partial charge in [-0.3, -0.25) is 20.4 Å². The third-order valence-corrected chi connectivity index (χ3v) is 2.49. The molecule has 0 saturated carbocycles. The summed E-state index contributed by atoms with van der Waals surface area (Å²) >= 11 is 0. The molecule has 0 aliphatic carbocycles. The van der Waals surface area contributed by atoms with Gasteiger partial charge >= 0.3 is 5.97 Å². The van der Waals surface area contributed by atoms with Crippen LogP contribution < -0.4 is 15.6 Å². The van der Waals surface area contributed by atoms with Crippen LogP contribution in [0.2, 0.25) is 0 Å². The van der Waals surface area contributed by atoms with Crippen molar-refractivity contribution in [1.82, 2.24) is 10.9 Å². The highest BCUT2D eigenvalue weighted by Gasteiger charge is 2.10. The van der Waals surface area contributed by atoms with Gasteiger partial charge in [-0.1, -0.05) is 18.2 Å². The lowest BCUT2D eigenvalue weighted by Gasteiger charge is -2.11. The molecule has 0 aliphatic rings. The van der Waals surface area contributed by atoms with Crippen molar-refractivity contribution in [2.45, 2.75) is 20.8 Å². The van der Waals surface area contributed by atoms with Gasteiger partial charge in [-0.05, 0) is 25.0 Å². The normalized spacial score (nSPS) is 9.67. The van der Waals surface area contributed by atoms with E-state index < -0.39 is 24.4 Å². The summed E-state index contributed by atoms with van der Waals surface area (Å²) in [6.45, 7) is 4.20. The van der Waals surface area contributed by atoms with Crippen LogP contribution in [-0.4, -0.2) is 31.0 Å². The minimum Gasteiger partial charge on any atom is -0.481 e. The summed E-state index contributed by atoms with van der Waals surface area (Å²) in [5.41, 5.74) is 5.97. The number of ether oxygens (including phenoxy) is 2. The quantitative estimate of drug-likeness (QED) is 0.605. The first-order valence-electron chi connectivity index (χ1n) is 6.30. The maximum Gasteiger partial charge on any atom is 0.344 e. The molecule has 0 bridgehead atoms. The smallest absolute Gasteiger partial charge is 0.344 e. The number of aryl methyl sites for hydroxylation is 2. The van der Waals surface area contributed by atoms with Crippen molar-refractivity contribution < 1.29 is 23.9 Å². The van der Waals surface area contributed by atoms with Gasteiger partial charge in [-0.2, -0.15) is 0 Å². The van der Waals surface area contributed by atoms with E-state index in [9.17, 15) is 14.4 Å². The van der Waals surface area contributed by atoms with Crippen LogP contribution in [0.1, 0.15) is 18.1 Å². The molecule has 0 aromatic heterocycles. The summed E-state index contributed by atoms with van der Waals surface area (Å²) in [5, 5.41) is 0. The first kappa shape index (κ1) is 16.5. The first-order valence-corrected chi connectivity index (χ1v) is 6.30. The molecule has 0 unspecified atom stereocenters. The Morgan fingerprint density at radius 3 is 2.24 bits per heavy atom. The molecule has 0 aliphatic heterocycles. The second-order valence-corrected chi connectivity index (χ2v) is 4.40. The maximum absolute atomic E-state index is 11.5. The number of nitrogens with one attached hydrogen (secondary N) is 2. The zero-order valence-electron chi connectivity index (χ0n) is 12.2. The predicted molar refractivity (Wildman–Crippen MR) is 74.3 cm³/mol. The zero-order chi connectivity index (χ0) is 15.8. The molecule has 2 amide bonds. The summed E-state index contributed by atoms with van der Waals surface area (Å²) in [6.07, 6.45) is 0. The van der Waals surface area contributed by atoms with E-state index in [1.54, 1.807) is 0 Å². The van der Waals surface area contributed by atoms with Gasteiger partial charge in [-0.15, -0.1) is 0 Å². The second kappa shape index (κ2) is 7.88. The fourth-order valence-corrected chi connectivity index (χ4v) is 1.54. The molecule has 0 saturated heterocycles. The summed E-state index contributed by atoms with van der Waals surface area (Å²) in [6, 6.07) is 5.63. The Kier molecular flexibility index (Phi) is 6.19. The Morgan fingerprint density at radius 1 is 1.05 bits per heavy atom. The molecule has 0 fully saturated rings. The molecule has 2 N–H and O–H groups in total. The number of amides is 2. The molecule has 1 rings (SSSR count). The van der Waals surface area contributed by atoms with Gasteiger partial charge in [0.2, 0.25) is 5.91 Å². The summed E-state index contributed by atoms with van der Waals surface area (Å²) < 4.78 is 10.1. The highest BCUT2D eigenvalue weighted by Crippen LogP contribution is 2.22. The minimum atomic E-state index is -0.671. The van der Waals surface area contributed by atoms with Crippen LogP contribution in [0.4, 0.5) is 0 Å². The van der Waals surface area contributed by atoms with Gasteiger partial charge < -0.3 is 9.47 Å². The van der Waals surface area contributed by atoms with Crippen LogP contribution in [0, 0.1) is 13.8 Å². The molecule has 114 valence electrons. The van der Waals surface area contributed by atoms with Crippen molar-refractivity contribution in [2.24, 2.45) is 0 Å². The molecule has 7 nitrogen and oxygen atoms in total. The van der Waals surface area contributed by atoms with Gasteiger partial charge in [-0.25, -0.2) is 4.79 Å². The molecule has 1 aromatic carbocycles. The van der Waals surface area contributed by atoms with E-state index in [0.29, 0.717) is 5.75 Å². The molecule has 0 heterocycles. The van der Waals surface area contributed by atoms with E-state index in [4.69, 9.17) is 9.47 Å². The van der Waals surface area contributed by atoms with Crippen molar-refractivity contribution in [1.29, 1.82) is 0 Å². The average Bonchev–Trinajstić information content (AvgIpc) is 2.42. The number of hydrogen-bond acceptors (Lipinski definition) is 5. The summed E-state index contributed by atoms with van der Waals surface area (Å²) in [7, 11) is 0. The molecule has 1 aromatic rings. The van der Waals surface area contributed by atoms with E-state index in [-0.39, 0.29) is 6.61 Å². The Hall–Kier alpha value is -2.57. The molecule has 7 heteroatoms. The van der Waals surface area contributed by atoms with Crippen molar-refractivity contribution in [3.8, 4) is 5.75 Å². The lowest BCUT2D eigenvalue weighted by Crippen LogP contribution is -2.42. The molecule has 0 spiro atoms. The predicted octanol–water partition coefficient (Wildman–Crippen LogP) is 0.393. The Morgan fingerprint density at radius 2 is 1.67 bits per heavy atom. The Labute approximate surface area is 122 Å². The van der Waals surface area contributed by atoms with E-state index in [2.05, 4.69) is 10.9 Å². The van der Waals surface area contributed by atoms with Crippen LogP contribution in [0.15, 0.2) is 18.2 Å². The molecule has 0 atom stereocenters. The number of hydrazine groups is 1. The Bertz CT molecular complexity index is 522. The topological polar surface area (TPSA) is 93.7 Å². The number of benzene rings is 1. The largest absolute Gasteiger partial charge is 0.481 e. The lowest BCUT2D eigenvalue weighted by molar-refractivity contribution is -0.150. The number of para-hydroxylation sites is 1. The number of carbonyl (C=O) groups is 3. The third-order valence-electron chi connectivity index (χ3n) is 2.49.